The van der Waals surface area contributed by atoms with Gasteiger partial charge in [0, 0.05) is 12.1 Å². The second-order valence-corrected chi connectivity index (χ2v) is 6.29. The van der Waals surface area contributed by atoms with Crippen molar-refractivity contribution in [1.29, 1.82) is 0 Å². The molecule has 2 aromatic rings. The second kappa shape index (κ2) is 6.19. The molecular formula is C17H19N3O5. The Bertz CT molecular complexity index is 966. The maximum Gasteiger partial charge on any atom is 0.329 e. The standard InChI is InChI=1S/C17H19N3O5/c1-2-20-14(22)11-6-5-10(9-12(11)18-16(20)25)13(21)19-17(15(23)24)7-3-4-8-17/h5-6,9H,2-4,7-8H2,1H3,(H,18,25)(H,19,21)(H,23,24). The van der Waals surface area contributed by atoms with Gasteiger partial charge in [-0.1, -0.05) is 12.8 Å². The molecule has 0 bridgehead atoms. The third-order valence-corrected chi connectivity index (χ3v) is 4.78. The quantitative estimate of drug-likeness (QED) is 0.758. The summed E-state index contributed by atoms with van der Waals surface area (Å²) < 4.78 is 1.07. The molecular weight excluding hydrogens is 326 g/mol. The van der Waals surface area contributed by atoms with E-state index in [9.17, 15) is 24.3 Å². The van der Waals surface area contributed by atoms with Crippen molar-refractivity contribution in [3.63, 3.8) is 0 Å². The molecule has 132 valence electrons. The maximum absolute atomic E-state index is 12.5. The van der Waals surface area contributed by atoms with Crippen molar-refractivity contribution in [2.24, 2.45) is 0 Å². The first kappa shape index (κ1) is 16.9. The molecule has 0 saturated heterocycles. The number of nitrogens with zero attached hydrogens (tertiary/aromatic N) is 1. The summed E-state index contributed by atoms with van der Waals surface area (Å²) in [5, 5.41) is 12.4. The van der Waals surface area contributed by atoms with Crippen LogP contribution in [0.25, 0.3) is 10.9 Å². The smallest absolute Gasteiger partial charge is 0.329 e. The molecule has 8 heteroatoms. The lowest BCUT2D eigenvalue weighted by molar-refractivity contribution is -0.144. The van der Waals surface area contributed by atoms with Gasteiger partial charge in [-0.15, -0.1) is 0 Å². The molecule has 1 saturated carbocycles. The van der Waals surface area contributed by atoms with Crippen molar-refractivity contribution in [2.75, 3.05) is 0 Å². The number of rotatable bonds is 4. The second-order valence-electron chi connectivity index (χ2n) is 6.29. The monoisotopic (exact) mass is 345 g/mol. The van der Waals surface area contributed by atoms with Crippen LogP contribution in [-0.2, 0) is 11.3 Å². The van der Waals surface area contributed by atoms with Crippen LogP contribution in [0.4, 0.5) is 0 Å². The van der Waals surface area contributed by atoms with E-state index in [1.54, 1.807) is 6.92 Å². The van der Waals surface area contributed by atoms with Crippen molar-refractivity contribution in [3.8, 4) is 0 Å². The van der Waals surface area contributed by atoms with Crippen LogP contribution < -0.4 is 16.6 Å². The summed E-state index contributed by atoms with van der Waals surface area (Å²) in [5.74, 6) is -1.58. The van der Waals surface area contributed by atoms with E-state index >= 15 is 0 Å². The molecule has 3 rings (SSSR count). The minimum Gasteiger partial charge on any atom is -0.480 e. The van der Waals surface area contributed by atoms with Gasteiger partial charge in [0.2, 0.25) is 0 Å². The Balaban J connectivity index is 1.99. The molecule has 1 amide bonds. The van der Waals surface area contributed by atoms with Gasteiger partial charge >= 0.3 is 11.7 Å². The van der Waals surface area contributed by atoms with E-state index in [1.807, 2.05) is 0 Å². The summed E-state index contributed by atoms with van der Waals surface area (Å²) in [5.41, 5.74) is -1.76. The molecule has 0 radical (unpaired) electrons. The van der Waals surface area contributed by atoms with E-state index in [1.165, 1.54) is 18.2 Å². The number of nitrogens with one attached hydrogen (secondary N) is 2. The molecule has 1 aliphatic carbocycles. The third-order valence-electron chi connectivity index (χ3n) is 4.78. The number of fused-ring (bicyclic) bond motifs is 1. The van der Waals surface area contributed by atoms with Crippen LogP contribution in [0.1, 0.15) is 43.0 Å². The Morgan fingerprint density at radius 2 is 1.96 bits per heavy atom. The average Bonchev–Trinajstić information content (AvgIpc) is 3.04. The molecule has 1 fully saturated rings. The zero-order valence-corrected chi connectivity index (χ0v) is 13.8. The molecule has 1 heterocycles. The number of aromatic nitrogens is 2. The molecule has 0 unspecified atom stereocenters. The normalized spacial score (nSPS) is 16.0. The van der Waals surface area contributed by atoms with Crippen molar-refractivity contribution in [2.45, 2.75) is 44.7 Å². The summed E-state index contributed by atoms with van der Waals surface area (Å²) >= 11 is 0. The first-order chi connectivity index (χ1) is 11.9. The van der Waals surface area contributed by atoms with Gasteiger partial charge in [-0.3, -0.25) is 14.2 Å². The maximum atomic E-state index is 12.5. The Morgan fingerprint density at radius 1 is 1.28 bits per heavy atom. The summed E-state index contributed by atoms with van der Waals surface area (Å²) in [7, 11) is 0. The van der Waals surface area contributed by atoms with Crippen LogP contribution in [0.2, 0.25) is 0 Å². The molecule has 1 aromatic carbocycles. The van der Waals surface area contributed by atoms with Gasteiger partial charge in [0.25, 0.3) is 11.5 Å². The fourth-order valence-electron chi connectivity index (χ4n) is 3.34. The molecule has 25 heavy (non-hydrogen) atoms. The zero-order valence-electron chi connectivity index (χ0n) is 13.8. The van der Waals surface area contributed by atoms with Gasteiger partial charge in [-0.05, 0) is 38.0 Å². The molecule has 1 aliphatic rings. The number of H-pyrrole nitrogens is 1. The van der Waals surface area contributed by atoms with Crippen molar-refractivity contribution in [1.82, 2.24) is 14.9 Å². The van der Waals surface area contributed by atoms with Crippen LogP contribution in [0.5, 0.6) is 0 Å². The number of hydrogen-bond acceptors (Lipinski definition) is 4. The number of hydrogen-bond donors (Lipinski definition) is 3. The van der Waals surface area contributed by atoms with E-state index in [0.717, 1.165) is 17.4 Å². The van der Waals surface area contributed by atoms with E-state index in [-0.39, 0.29) is 17.6 Å². The minimum absolute atomic E-state index is 0.198. The Kier molecular flexibility index (Phi) is 4.20. The lowest BCUT2D eigenvalue weighted by atomic mass is 9.97. The van der Waals surface area contributed by atoms with Gasteiger partial charge in [0.05, 0.1) is 10.9 Å². The van der Waals surface area contributed by atoms with Crippen molar-refractivity contribution in [3.05, 3.63) is 44.6 Å². The zero-order chi connectivity index (χ0) is 18.2. The first-order valence-electron chi connectivity index (χ1n) is 8.21. The number of carbonyl (C=O) groups excluding carboxylic acids is 1. The fourth-order valence-corrected chi connectivity index (χ4v) is 3.34. The van der Waals surface area contributed by atoms with Crippen LogP contribution in [0.3, 0.4) is 0 Å². The van der Waals surface area contributed by atoms with E-state index in [4.69, 9.17) is 0 Å². The van der Waals surface area contributed by atoms with Gasteiger partial charge in [-0.2, -0.15) is 0 Å². The number of carbonyl (C=O) groups is 2. The summed E-state index contributed by atoms with van der Waals surface area (Å²) in [6.07, 6.45) is 2.27. The highest BCUT2D eigenvalue weighted by molar-refractivity contribution is 6.00. The van der Waals surface area contributed by atoms with Crippen LogP contribution >= 0.6 is 0 Å². The van der Waals surface area contributed by atoms with E-state index < -0.39 is 28.7 Å². The summed E-state index contributed by atoms with van der Waals surface area (Å²) in [4.78, 5) is 50.8. The van der Waals surface area contributed by atoms with Gasteiger partial charge < -0.3 is 15.4 Å². The third kappa shape index (κ3) is 2.84. The summed E-state index contributed by atoms with van der Waals surface area (Å²) in [6, 6.07) is 4.33. The number of benzene rings is 1. The summed E-state index contributed by atoms with van der Waals surface area (Å²) in [6.45, 7) is 1.94. The van der Waals surface area contributed by atoms with Gasteiger partial charge in [0.15, 0.2) is 0 Å². The number of carboxylic acids is 1. The van der Waals surface area contributed by atoms with Crippen molar-refractivity contribution >= 4 is 22.8 Å². The highest BCUT2D eigenvalue weighted by Gasteiger charge is 2.42. The SMILES string of the molecule is CCn1c(=O)[nH]c2cc(C(=O)NC3(C(=O)O)CCCC3)ccc2c1=O. The Hall–Kier alpha value is -2.90. The molecule has 8 nitrogen and oxygen atoms in total. The largest absolute Gasteiger partial charge is 0.480 e. The Labute approximate surface area is 142 Å². The lowest BCUT2D eigenvalue weighted by Crippen LogP contribution is -2.52. The predicted molar refractivity (Wildman–Crippen MR) is 90.8 cm³/mol. The van der Waals surface area contributed by atoms with Crippen LogP contribution in [0.15, 0.2) is 27.8 Å². The Morgan fingerprint density at radius 3 is 2.56 bits per heavy atom. The predicted octanol–water partition coefficient (Wildman–Crippen LogP) is 0.837. The number of amides is 1. The molecule has 0 atom stereocenters. The van der Waals surface area contributed by atoms with E-state index in [0.29, 0.717) is 18.2 Å². The molecule has 1 aromatic heterocycles. The highest BCUT2D eigenvalue weighted by atomic mass is 16.4. The molecule has 0 aliphatic heterocycles. The van der Waals surface area contributed by atoms with Crippen molar-refractivity contribution < 1.29 is 14.7 Å². The van der Waals surface area contributed by atoms with Gasteiger partial charge in [-0.25, -0.2) is 9.59 Å². The number of aromatic amines is 1. The topological polar surface area (TPSA) is 121 Å². The van der Waals surface area contributed by atoms with E-state index in [2.05, 4.69) is 10.3 Å². The number of carboxylic acid groups (broad SMARTS) is 1. The first-order valence-corrected chi connectivity index (χ1v) is 8.21. The minimum atomic E-state index is -1.24. The fraction of sp³-hybridized carbons (Fsp3) is 0.412. The van der Waals surface area contributed by atoms with Crippen LogP contribution in [0, 0.1) is 0 Å². The lowest BCUT2D eigenvalue weighted by Gasteiger charge is -2.25. The average molecular weight is 345 g/mol. The number of aliphatic carboxylic acids is 1. The molecule has 3 N–H and O–H groups in total. The molecule has 0 spiro atoms. The van der Waals surface area contributed by atoms with Crippen LogP contribution in [-0.4, -0.2) is 32.1 Å². The van der Waals surface area contributed by atoms with Gasteiger partial charge in [0.1, 0.15) is 5.54 Å². The highest BCUT2D eigenvalue weighted by Crippen LogP contribution is 2.30.